The summed E-state index contributed by atoms with van der Waals surface area (Å²) in [4.78, 5) is 7.13. The van der Waals surface area contributed by atoms with Crippen LogP contribution >= 0.6 is 12.4 Å². The predicted molar refractivity (Wildman–Crippen MR) is 164 cm³/mol. The number of nitrogen functional groups attached to an aromatic ring is 1. The number of nitrogens with one attached hydrogen (secondary N) is 1. The number of morpholine rings is 1. The molecule has 0 amide bonds. The van der Waals surface area contributed by atoms with Crippen LogP contribution in [0.1, 0.15) is 12.8 Å². The molecule has 2 aromatic carbocycles. The molecule has 6 rings (SSSR count). The summed E-state index contributed by atoms with van der Waals surface area (Å²) >= 11 is 0. The summed E-state index contributed by atoms with van der Waals surface area (Å²) in [5.41, 5.74) is 9.34. The van der Waals surface area contributed by atoms with Crippen molar-refractivity contribution in [1.29, 1.82) is 0 Å². The lowest BCUT2D eigenvalue weighted by molar-refractivity contribution is -0.0704. The lowest BCUT2D eigenvalue weighted by Gasteiger charge is -2.48. The Morgan fingerprint density at radius 1 is 0.951 bits per heavy atom. The summed E-state index contributed by atoms with van der Waals surface area (Å²) in [5, 5.41) is 22.1. The van der Waals surface area contributed by atoms with Crippen molar-refractivity contribution in [2.75, 3.05) is 87.7 Å². The van der Waals surface area contributed by atoms with Crippen LogP contribution in [0.25, 0.3) is 11.3 Å². The van der Waals surface area contributed by atoms with Gasteiger partial charge in [-0.1, -0.05) is 18.2 Å². The molecule has 0 bridgehead atoms. The van der Waals surface area contributed by atoms with Gasteiger partial charge < -0.3 is 35.4 Å². The molecular weight excluding hydrogens is 542 g/mol. The summed E-state index contributed by atoms with van der Waals surface area (Å²) in [6.07, 6.45) is 1.77. The highest BCUT2D eigenvalue weighted by molar-refractivity contribution is 5.85. The van der Waals surface area contributed by atoms with Gasteiger partial charge in [-0.25, -0.2) is 0 Å². The Kier molecular flexibility index (Phi) is 9.34. The third-order valence-electron chi connectivity index (χ3n) is 8.31. The van der Waals surface area contributed by atoms with E-state index in [1.165, 1.54) is 5.69 Å². The average molecular weight is 582 g/mol. The SMILES string of the molecule is Cl.Nc1nnc(-c2ccccc2O)cc1N1CCC2(CC1)CN(c1cccc(OCCN3CCNCC3)c1)CCO2. The molecule has 0 saturated carbocycles. The number of piperazine rings is 1. The molecule has 3 saturated heterocycles. The molecule has 3 aliphatic heterocycles. The fraction of sp³-hybridized carbons (Fsp3) is 0.467. The first-order chi connectivity index (χ1) is 19.6. The van der Waals surface area contributed by atoms with E-state index in [0.717, 1.165) is 83.2 Å². The lowest BCUT2D eigenvalue weighted by atomic mass is 9.88. The number of piperidine rings is 1. The molecule has 0 radical (unpaired) electrons. The fourth-order valence-electron chi connectivity index (χ4n) is 5.99. The van der Waals surface area contributed by atoms with Crippen LogP contribution < -0.4 is 25.6 Å². The van der Waals surface area contributed by atoms with Crippen LogP contribution in [0.4, 0.5) is 17.2 Å². The number of rotatable bonds is 7. The molecule has 0 unspecified atom stereocenters. The molecule has 10 nitrogen and oxygen atoms in total. The van der Waals surface area contributed by atoms with Crippen LogP contribution in [0.15, 0.2) is 54.6 Å². The van der Waals surface area contributed by atoms with Crippen LogP contribution in [0.2, 0.25) is 0 Å². The summed E-state index contributed by atoms with van der Waals surface area (Å²) in [6, 6.07) is 17.5. The molecule has 0 atom stereocenters. The first-order valence-electron chi connectivity index (χ1n) is 14.3. The number of anilines is 3. The Bertz CT molecular complexity index is 1300. The van der Waals surface area contributed by atoms with E-state index in [9.17, 15) is 5.11 Å². The van der Waals surface area contributed by atoms with Gasteiger partial charge in [0.1, 0.15) is 18.1 Å². The molecule has 3 fully saturated rings. The molecule has 3 aliphatic rings. The number of para-hydroxylation sites is 1. The molecule has 11 heteroatoms. The van der Waals surface area contributed by atoms with E-state index in [4.69, 9.17) is 15.2 Å². The first-order valence-corrected chi connectivity index (χ1v) is 14.3. The zero-order chi connectivity index (χ0) is 27.4. The number of hydrogen-bond acceptors (Lipinski definition) is 10. The fourth-order valence-corrected chi connectivity index (χ4v) is 5.99. The Balaban J connectivity index is 0.00000337. The van der Waals surface area contributed by atoms with Crippen LogP contribution in [0.3, 0.4) is 0 Å². The van der Waals surface area contributed by atoms with Crippen molar-refractivity contribution < 1.29 is 14.6 Å². The number of benzene rings is 2. The van der Waals surface area contributed by atoms with E-state index in [1.54, 1.807) is 12.1 Å². The van der Waals surface area contributed by atoms with Crippen molar-refractivity contribution in [2.45, 2.75) is 18.4 Å². The predicted octanol–water partition coefficient (Wildman–Crippen LogP) is 3.01. The molecule has 3 aromatic rings. The topological polar surface area (TPSA) is 112 Å². The quantitative estimate of drug-likeness (QED) is 0.385. The summed E-state index contributed by atoms with van der Waals surface area (Å²) in [7, 11) is 0. The van der Waals surface area contributed by atoms with Gasteiger partial charge in [-0.2, -0.15) is 0 Å². The van der Waals surface area contributed by atoms with Crippen molar-refractivity contribution in [1.82, 2.24) is 20.4 Å². The first kappa shape index (κ1) is 29.2. The van der Waals surface area contributed by atoms with Gasteiger partial charge in [0, 0.05) is 76.2 Å². The second kappa shape index (κ2) is 13.1. The van der Waals surface area contributed by atoms with Crippen LogP contribution in [0.5, 0.6) is 11.5 Å². The Morgan fingerprint density at radius 3 is 2.56 bits per heavy atom. The summed E-state index contributed by atoms with van der Waals surface area (Å²) in [5.74, 6) is 1.49. The number of nitrogens with zero attached hydrogens (tertiary/aromatic N) is 5. The molecule has 1 spiro atoms. The summed E-state index contributed by atoms with van der Waals surface area (Å²) < 4.78 is 12.6. The van der Waals surface area contributed by atoms with E-state index in [1.807, 2.05) is 24.3 Å². The molecule has 41 heavy (non-hydrogen) atoms. The van der Waals surface area contributed by atoms with E-state index in [2.05, 4.69) is 48.4 Å². The van der Waals surface area contributed by atoms with E-state index >= 15 is 0 Å². The minimum Gasteiger partial charge on any atom is -0.507 e. The van der Waals surface area contributed by atoms with Crippen molar-refractivity contribution in [2.24, 2.45) is 0 Å². The number of ether oxygens (including phenoxy) is 2. The number of nitrogens with two attached hydrogens (primary N) is 1. The number of aromatic hydroxyl groups is 1. The standard InChI is InChI=1S/C30H39N7O3.ClH/c31-29-27(21-26(33-34-29)25-6-1-2-7-28(25)38)36-12-8-30(9-13-36)22-37(17-19-40-30)23-4-3-5-24(20-23)39-18-16-35-14-10-32-11-15-35;/h1-7,20-21,32,38H,8-19,22H2,(H2,31,34);1H. The smallest absolute Gasteiger partial charge is 0.169 e. The third kappa shape index (κ3) is 6.78. The number of phenols is 1. The number of hydrogen-bond donors (Lipinski definition) is 3. The van der Waals surface area contributed by atoms with Gasteiger partial charge in [-0.15, -0.1) is 22.6 Å². The van der Waals surface area contributed by atoms with Crippen molar-refractivity contribution in [3.8, 4) is 22.8 Å². The minimum absolute atomic E-state index is 0. The highest BCUT2D eigenvalue weighted by atomic mass is 35.5. The van der Waals surface area contributed by atoms with E-state index in [-0.39, 0.29) is 23.8 Å². The zero-order valence-corrected chi connectivity index (χ0v) is 24.2. The van der Waals surface area contributed by atoms with Crippen LogP contribution in [-0.2, 0) is 4.74 Å². The number of halogens is 1. The molecule has 1 aromatic heterocycles. The maximum atomic E-state index is 10.3. The van der Waals surface area contributed by atoms with Crippen molar-refractivity contribution in [3.05, 3.63) is 54.6 Å². The van der Waals surface area contributed by atoms with Gasteiger partial charge in [-0.05, 0) is 43.2 Å². The average Bonchev–Trinajstić information content (AvgIpc) is 2.99. The highest BCUT2D eigenvalue weighted by Crippen LogP contribution is 2.37. The van der Waals surface area contributed by atoms with Gasteiger partial charge in [0.15, 0.2) is 5.82 Å². The van der Waals surface area contributed by atoms with Gasteiger partial charge in [-0.3, -0.25) is 4.90 Å². The zero-order valence-electron chi connectivity index (χ0n) is 23.4. The van der Waals surface area contributed by atoms with Crippen LogP contribution in [-0.4, -0.2) is 97.9 Å². The lowest BCUT2D eigenvalue weighted by Crippen LogP contribution is -2.57. The van der Waals surface area contributed by atoms with Crippen molar-refractivity contribution >= 4 is 29.6 Å². The minimum atomic E-state index is -0.205. The van der Waals surface area contributed by atoms with E-state index < -0.39 is 0 Å². The van der Waals surface area contributed by atoms with Gasteiger partial charge in [0.05, 0.1) is 23.6 Å². The normalized spacial score (nSPS) is 19.1. The largest absolute Gasteiger partial charge is 0.507 e. The second-order valence-corrected chi connectivity index (χ2v) is 10.9. The van der Waals surface area contributed by atoms with Gasteiger partial charge in [0.25, 0.3) is 0 Å². The van der Waals surface area contributed by atoms with Gasteiger partial charge in [0.2, 0.25) is 0 Å². The maximum absolute atomic E-state index is 10.3. The Hall–Kier alpha value is -3.31. The number of aromatic nitrogens is 2. The Labute approximate surface area is 247 Å². The highest BCUT2D eigenvalue weighted by Gasteiger charge is 2.40. The molecule has 4 heterocycles. The Morgan fingerprint density at radius 2 is 1.76 bits per heavy atom. The molecular formula is C30H40ClN7O3. The maximum Gasteiger partial charge on any atom is 0.169 e. The van der Waals surface area contributed by atoms with Crippen LogP contribution in [0, 0.1) is 0 Å². The number of phenolic OH excluding ortho intramolecular Hbond substituents is 1. The van der Waals surface area contributed by atoms with Gasteiger partial charge >= 0.3 is 0 Å². The summed E-state index contributed by atoms with van der Waals surface area (Å²) in [6.45, 7) is 9.94. The van der Waals surface area contributed by atoms with Crippen molar-refractivity contribution in [3.63, 3.8) is 0 Å². The molecule has 4 N–H and O–H groups in total. The molecule has 0 aliphatic carbocycles. The third-order valence-corrected chi connectivity index (χ3v) is 8.31. The monoisotopic (exact) mass is 581 g/mol. The van der Waals surface area contributed by atoms with E-state index in [0.29, 0.717) is 30.3 Å². The second-order valence-electron chi connectivity index (χ2n) is 10.9. The molecule has 220 valence electrons.